The van der Waals surface area contributed by atoms with Crippen molar-refractivity contribution < 1.29 is 22.7 Å². The molecule has 0 bridgehead atoms. The highest BCUT2D eigenvalue weighted by Gasteiger charge is 2.15. The fourth-order valence-electron chi connectivity index (χ4n) is 2.55. The highest BCUT2D eigenvalue weighted by molar-refractivity contribution is 7.90. The Hall–Kier alpha value is -2.54. The zero-order valence-corrected chi connectivity index (χ0v) is 16.8. The van der Waals surface area contributed by atoms with Gasteiger partial charge in [0.1, 0.15) is 0 Å². The Labute approximate surface area is 160 Å². The van der Waals surface area contributed by atoms with Crippen LogP contribution in [0.3, 0.4) is 0 Å². The quantitative estimate of drug-likeness (QED) is 0.746. The van der Waals surface area contributed by atoms with Crippen molar-refractivity contribution in [1.29, 1.82) is 0 Å². The highest BCUT2D eigenvalue weighted by atomic mass is 32.2. The van der Waals surface area contributed by atoms with Gasteiger partial charge in [-0.15, -0.1) is 0 Å². The van der Waals surface area contributed by atoms with Gasteiger partial charge in [-0.2, -0.15) is 0 Å². The molecular formula is C20H25NO5S. The normalized spacial score (nSPS) is 12.3. The van der Waals surface area contributed by atoms with Crippen molar-refractivity contribution in [2.45, 2.75) is 31.7 Å². The lowest BCUT2D eigenvalue weighted by Gasteiger charge is -2.17. The van der Waals surface area contributed by atoms with E-state index in [1.54, 1.807) is 0 Å². The van der Waals surface area contributed by atoms with Crippen LogP contribution in [-0.2, 0) is 9.84 Å². The van der Waals surface area contributed by atoms with Crippen LogP contribution in [0.1, 0.15) is 42.7 Å². The number of amides is 1. The maximum Gasteiger partial charge on any atom is 0.251 e. The first-order valence-corrected chi connectivity index (χ1v) is 10.7. The molecule has 27 heavy (non-hydrogen) atoms. The smallest absolute Gasteiger partial charge is 0.251 e. The standard InChI is InChI=1S/C20H25NO5S/c1-5-25-18-12-9-16(13-19(18)26-6-2)14(3)21-20(22)15-7-10-17(11-8-15)27(4,23)24/h7-14H,5-6H2,1-4H3,(H,21,22). The second kappa shape index (κ2) is 8.90. The van der Waals surface area contributed by atoms with Crippen molar-refractivity contribution in [3.63, 3.8) is 0 Å². The largest absolute Gasteiger partial charge is 0.490 e. The molecule has 2 aromatic carbocycles. The molecule has 6 nitrogen and oxygen atoms in total. The molecular weight excluding hydrogens is 366 g/mol. The van der Waals surface area contributed by atoms with E-state index in [-0.39, 0.29) is 16.8 Å². The van der Waals surface area contributed by atoms with E-state index in [2.05, 4.69) is 5.32 Å². The average molecular weight is 391 g/mol. The van der Waals surface area contributed by atoms with Crippen LogP contribution in [0.2, 0.25) is 0 Å². The average Bonchev–Trinajstić information content (AvgIpc) is 2.63. The number of carbonyl (C=O) groups is 1. The van der Waals surface area contributed by atoms with Crippen molar-refractivity contribution >= 4 is 15.7 Å². The van der Waals surface area contributed by atoms with Crippen LogP contribution in [0.25, 0.3) is 0 Å². The highest BCUT2D eigenvalue weighted by Crippen LogP contribution is 2.30. The first-order chi connectivity index (χ1) is 12.8. The van der Waals surface area contributed by atoms with E-state index in [0.717, 1.165) is 11.8 Å². The van der Waals surface area contributed by atoms with Crippen LogP contribution in [0, 0.1) is 0 Å². The Balaban J connectivity index is 2.15. The Morgan fingerprint density at radius 1 is 1.00 bits per heavy atom. The predicted molar refractivity (Wildman–Crippen MR) is 104 cm³/mol. The first-order valence-electron chi connectivity index (χ1n) is 8.76. The molecule has 0 aromatic heterocycles. The second-order valence-corrected chi connectivity index (χ2v) is 8.08. The van der Waals surface area contributed by atoms with Gasteiger partial charge in [0.25, 0.3) is 5.91 Å². The van der Waals surface area contributed by atoms with Crippen LogP contribution in [0.5, 0.6) is 11.5 Å². The van der Waals surface area contributed by atoms with Gasteiger partial charge >= 0.3 is 0 Å². The lowest BCUT2D eigenvalue weighted by atomic mass is 10.1. The van der Waals surface area contributed by atoms with Gasteiger partial charge in [0.05, 0.1) is 24.2 Å². The van der Waals surface area contributed by atoms with Gasteiger partial charge in [-0.25, -0.2) is 8.42 Å². The first kappa shape index (κ1) is 20.8. The molecule has 7 heteroatoms. The summed E-state index contributed by atoms with van der Waals surface area (Å²) in [5.41, 5.74) is 1.27. The molecule has 1 amide bonds. The maximum atomic E-state index is 12.5. The fraction of sp³-hybridized carbons (Fsp3) is 0.350. The third kappa shape index (κ3) is 5.47. The van der Waals surface area contributed by atoms with Crippen LogP contribution >= 0.6 is 0 Å². The van der Waals surface area contributed by atoms with E-state index < -0.39 is 9.84 Å². The molecule has 0 aliphatic rings. The van der Waals surface area contributed by atoms with Gasteiger partial charge in [0.2, 0.25) is 0 Å². The molecule has 1 unspecified atom stereocenters. The number of ether oxygens (including phenoxy) is 2. The van der Waals surface area contributed by atoms with E-state index in [0.29, 0.717) is 30.3 Å². The summed E-state index contributed by atoms with van der Waals surface area (Å²) in [6.45, 7) is 6.72. The molecule has 0 heterocycles. The number of hydrogen-bond donors (Lipinski definition) is 1. The summed E-state index contributed by atoms with van der Waals surface area (Å²) in [6, 6.07) is 11.2. The van der Waals surface area contributed by atoms with E-state index in [9.17, 15) is 13.2 Å². The van der Waals surface area contributed by atoms with Gasteiger partial charge in [-0.3, -0.25) is 4.79 Å². The van der Waals surface area contributed by atoms with Gasteiger partial charge in [0.15, 0.2) is 21.3 Å². The molecule has 0 spiro atoms. The molecule has 2 aromatic rings. The Morgan fingerprint density at radius 3 is 2.15 bits per heavy atom. The zero-order valence-electron chi connectivity index (χ0n) is 16.0. The van der Waals surface area contributed by atoms with Crippen molar-refractivity contribution in [3.05, 3.63) is 53.6 Å². The number of rotatable bonds is 8. The van der Waals surface area contributed by atoms with Crippen molar-refractivity contribution in [3.8, 4) is 11.5 Å². The topological polar surface area (TPSA) is 81.7 Å². The van der Waals surface area contributed by atoms with Crippen LogP contribution in [-0.4, -0.2) is 33.8 Å². The van der Waals surface area contributed by atoms with E-state index in [1.807, 2.05) is 39.0 Å². The number of benzene rings is 2. The minimum absolute atomic E-state index is 0.181. The SMILES string of the molecule is CCOc1ccc(C(C)NC(=O)c2ccc(S(C)(=O)=O)cc2)cc1OCC. The van der Waals surface area contributed by atoms with E-state index in [4.69, 9.17) is 9.47 Å². The van der Waals surface area contributed by atoms with Crippen LogP contribution in [0.4, 0.5) is 0 Å². The molecule has 0 fully saturated rings. The lowest BCUT2D eigenvalue weighted by molar-refractivity contribution is 0.0939. The number of nitrogens with one attached hydrogen (secondary N) is 1. The second-order valence-electron chi connectivity index (χ2n) is 6.06. The van der Waals surface area contributed by atoms with E-state index in [1.165, 1.54) is 24.3 Å². The molecule has 0 aliphatic carbocycles. The number of sulfone groups is 1. The summed E-state index contributed by atoms with van der Waals surface area (Å²) in [5.74, 6) is 1.02. The summed E-state index contributed by atoms with van der Waals surface area (Å²) in [4.78, 5) is 12.6. The zero-order chi connectivity index (χ0) is 20.0. The van der Waals surface area contributed by atoms with Gasteiger partial charge < -0.3 is 14.8 Å². The minimum atomic E-state index is -3.29. The lowest BCUT2D eigenvalue weighted by Crippen LogP contribution is -2.26. The summed E-state index contributed by atoms with van der Waals surface area (Å²) < 4.78 is 34.2. The molecule has 1 atom stereocenters. The summed E-state index contributed by atoms with van der Waals surface area (Å²) >= 11 is 0. The molecule has 0 saturated heterocycles. The molecule has 0 saturated carbocycles. The third-order valence-corrected chi connectivity index (χ3v) is 5.09. The Kier molecular flexibility index (Phi) is 6.85. The monoisotopic (exact) mass is 391 g/mol. The minimum Gasteiger partial charge on any atom is -0.490 e. The van der Waals surface area contributed by atoms with Gasteiger partial charge in [0, 0.05) is 11.8 Å². The van der Waals surface area contributed by atoms with Crippen LogP contribution in [0.15, 0.2) is 47.4 Å². The van der Waals surface area contributed by atoms with Gasteiger partial charge in [-0.05, 0) is 62.7 Å². The number of carbonyl (C=O) groups excluding carboxylic acids is 1. The Bertz CT molecular complexity index is 891. The molecule has 146 valence electrons. The Morgan fingerprint density at radius 2 is 1.59 bits per heavy atom. The van der Waals surface area contributed by atoms with Crippen molar-refractivity contribution in [2.24, 2.45) is 0 Å². The number of hydrogen-bond acceptors (Lipinski definition) is 5. The summed E-state index contributed by atoms with van der Waals surface area (Å²) in [7, 11) is -3.29. The van der Waals surface area contributed by atoms with Crippen LogP contribution < -0.4 is 14.8 Å². The van der Waals surface area contributed by atoms with Gasteiger partial charge in [-0.1, -0.05) is 6.07 Å². The maximum absolute atomic E-state index is 12.5. The van der Waals surface area contributed by atoms with Crippen molar-refractivity contribution in [1.82, 2.24) is 5.32 Å². The predicted octanol–water partition coefficient (Wildman–Crippen LogP) is 3.38. The fourth-order valence-corrected chi connectivity index (χ4v) is 3.18. The van der Waals surface area contributed by atoms with E-state index >= 15 is 0 Å². The molecule has 2 rings (SSSR count). The molecule has 0 aliphatic heterocycles. The van der Waals surface area contributed by atoms with Crippen molar-refractivity contribution in [2.75, 3.05) is 19.5 Å². The summed E-state index contributed by atoms with van der Waals surface area (Å²) in [6.07, 6.45) is 1.13. The molecule has 1 N–H and O–H groups in total. The molecule has 0 radical (unpaired) electrons. The summed E-state index contributed by atoms with van der Waals surface area (Å²) in [5, 5.41) is 2.91. The third-order valence-electron chi connectivity index (χ3n) is 3.96.